The van der Waals surface area contributed by atoms with Crippen LogP contribution in [0, 0.1) is 56.7 Å². The lowest BCUT2D eigenvalue weighted by Gasteiger charge is -2.74. The maximum atomic E-state index is 11.4. The number of fused-ring (bicyclic) bond motifs is 7. The fourth-order valence-corrected chi connectivity index (χ4v) is 13.5. The Morgan fingerprint density at radius 1 is 0.804 bits per heavy atom. The van der Waals surface area contributed by atoms with Gasteiger partial charge in [-0.15, -0.1) is 0 Å². The van der Waals surface area contributed by atoms with Gasteiger partial charge in [0.25, 0.3) is 0 Å². The van der Waals surface area contributed by atoms with Gasteiger partial charge in [0.05, 0.1) is 30.5 Å². The van der Waals surface area contributed by atoms with Gasteiger partial charge in [-0.3, -0.25) is 0 Å². The number of rotatable bonds is 5. The lowest BCUT2D eigenvalue weighted by molar-refractivity contribution is -0.347. The highest BCUT2D eigenvalue weighted by atomic mass is 16.7. The van der Waals surface area contributed by atoms with Crippen molar-refractivity contribution >= 4 is 0 Å². The average molecular weight is 655 g/mol. The first-order valence-corrected chi connectivity index (χ1v) is 17.9. The summed E-state index contributed by atoms with van der Waals surface area (Å²) in [5.74, 6) is -0.0724. The van der Waals surface area contributed by atoms with Crippen LogP contribution < -0.4 is 0 Å². The predicted molar refractivity (Wildman–Crippen MR) is 169 cm³/mol. The standard InChI is InChI=1S/C36H62O10/c1-31(2)23(40)10-11-33(5)22-9-8-18-24-25(32(3,4)44)19(39)14-36(24,17-38)13-12-34(18,6)35(22,7)15-20(29(31)33)45-30-28(43)27(42)26(41)21(16-37)46-30/h18-30,37-44H,8-17H2,1-7H3. The fraction of sp³-hybridized carbons (Fsp3) is 1.00. The van der Waals surface area contributed by atoms with Crippen molar-refractivity contribution in [3.63, 3.8) is 0 Å². The summed E-state index contributed by atoms with van der Waals surface area (Å²) >= 11 is 0. The minimum absolute atomic E-state index is 0.0112. The first-order chi connectivity index (χ1) is 21.2. The van der Waals surface area contributed by atoms with Crippen LogP contribution in [-0.4, -0.2) is 109 Å². The summed E-state index contributed by atoms with van der Waals surface area (Å²) < 4.78 is 12.7. The van der Waals surface area contributed by atoms with Gasteiger partial charge in [0.1, 0.15) is 24.4 Å². The highest BCUT2D eigenvalue weighted by Crippen LogP contribution is 2.78. The summed E-state index contributed by atoms with van der Waals surface area (Å²) in [4.78, 5) is 0. The summed E-state index contributed by atoms with van der Waals surface area (Å²) in [5, 5.41) is 87.2. The molecule has 6 fully saturated rings. The molecule has 0 aromatic heterocycles. The van der Waals surface area contributed by atoms with Gasteiger partial charge in [0.2, 0.25) is 0 Å². The molecule has 5 aliphatic carbocycles. The zero-order valence-electron chi connectivity index (χ0n) is 29.0. The third kappa shape index (κ3) is 4.71. The van der Waals surface area contributed by atoms with Gasteiger partial charge in [-0.05, 0) is 116 Å². The minimum atomic E-state index is -1.55. The SMILES string of the molecule is CC(C)(O)C1C(O)CC2(CO)CCC3(C)C(CCC4C5(C)CCC(O)C(C)(C)C5C(OC5OC(CO)C(O)C(O)C5O)CC43C)C12. The van der Waals surface area contributed by atoms with E-state index in [0.29, 0.717) is 25.2 Å². The summed E-state index contributed by atoms with van der Waals surface area (Å²) in [6, 6.07) is 0. The highest BCUT2D eigenvalue weighted by Gasteiger charge is 2.74. The maximum absolute atomic E-state index is 11.4. The van der Waals surface area contributed by atoms with E-state index in [0.717, 1.165) is 32.1 Å². The van der Waals surface area contributed by atoms with Crippen LogP contribution in [0.15, 0.2) is 0 Å². The molecular weight excluding hydrogens is 592 g/mol. The number of aliphatic hydroxyl groups is 8. The van der Waals surface area contributed by atoms with E-state index in [-0.39, 0.29) is 46.5 Å². The van der Waals surface area contributed by atoms with Crippen molar-refractivity contribution < 1.29 is 50.3 Å². The highest BCUT2D eigenvalue weighted by molar-refractivity contribution is 5.22. The van der Waals surface area contributed by atoms with E-state index in [2.05, 4.69) is 34.6 Å². The van der Waals surface area contributed by atoms with Gasteiger partial charge in [-0.25, -0.2) is 0 Å². The molecular formula is C36H62O10. The van der Waals surface area contributed by atoms with Gasteiger partial charge < -0.3 is 50.3 Å². The zero-order chi connectivity index (χ0) is 34.0. The molecule has 0 radical (unpaired) electrons. The molecule has 0 aromatic carbocycles. The van der Waals surface area contributed by atoms with Crippen LogP contribution in [0.4, 0.5) is 0 Å². The molecule has 10 heteroatoms. The maximum Gasteiger partial charge on any atom is 0.186 e. The summed E-state index contributed by atoms with van der Waals surface area (Å²) in [7, 11) is 0. The second kappa shape index (κ2) is 11.3. The zero-order valence-corrected chi connectivity index (χ0v) is 29.0. The molecule has 0 bridgehead atoms. The van der Waals surface area contributed by atoms with Gasteiger partial charge in [-0.2, -0.15) is 0 Å². The summed E-state index contributed by atoms with van der Waals surface area (Å²) in [6.07, 6.45) is -2.52. The Bertz CT molecular complexity index is 1140. The Labute approximate surface area is 274 Å². The van der Waals surface area contributed by atoms with Crippen molar-refractivity contribution in [1.29, 1.82) is 0 Å². The van der Waals surface area contributed by atoms with Crippen molar-refractivity contribution in [3.05, 3.63) is 0 Å². The molecule has 266 valence electrons. The Balaban J connectivity index is 1.43. The molecule has 17 unspecified atom stereocenters. The fourth-order valence-electron chi connectivity index (χ4n) is 13.5. The lowest BCUT2D eigenvalue weighted by Crippen LogP contribution is -2.71. The molecule has 5 saturated carbocycles. The van der Waals surface area contributed by atoms with Gasteiger partial charge >= 0.3 is 0 Å². The van der Waals surface area contributed by atoms with E-state index in [4.69, 9.17) is 9.47 Å². The molecule has 1 aliphatic heterocycles. The van der Waals surface area contributed by atoms with E-state index < -0.39 is 72.1 Å². The van der Waals surface area contributed by atoms with Crippen molar-refractivity contribution in [2.24, 2.45) is 56.7 Å². The van der Waals surface area contributed by atoms with Crippen LogP contribution in [-0.2, 0) is 9.47 Å². The number of ether oxygens (including phenoxy) is 2. The van der Waals surface area contributed by atoms with Crippen molar-refractivity contribution in [1.82, 2.24) is 0 Å². The molecule has 10 nitrogen and oxygen atoms in total. The van der Waals surface area contributed by atoms with Crippen LogP contribution >= 0.6 is 0 Å². The second-order valence-corrected chi connectivity index (χ2v) is 18.5. The lowest BCUT2D eigenvalue weighted by atomic mass is 9.31. The van der Waals surface area contributed by atoms with E-state index >= 15 is 0 Å². The topological polar surface area (TPSA) is 180 Å². The number of hydrogen-bond donors (Lipinski definition) is 8. The molecule has 6 aliphatic rings. The first kappa shape index (κ1) is 35.4. The molecule has 6 rings (SSSR count). The van der Waals surface area contributed by atoms with Crippen molar-refractivity contribution in [3.8, 4) is 0 Å². The average Bonchev–Trinajstić information content (AvgIpc) is 3.28. The Morgan fingerprint density at radius 2 is 1.48 bits per heavy atom. The smallest absolute Gasteiger partial charge is 0.186 e. The molecule has 46 heavy (non-hydrogen) atoms. The number of hydrogen-bond acceptors (Lipinski definition) is 10. The van der Waals surface area contributed by atoms with Crippen molar-refractivity contribution in [2.45, 2.75) is 154 Å². The molecule has 8 N–H and O–H groups in total. The quantitative estimate of drug-likeness (QED) is 0.204. The third-order valence-electron chi connectivity index (χ3n) is 15.8. The normalized spacial score (nSPS) is 56.8. The van der Waals surface area contributed by atoms with Crippen LogP contribution in [0.2, 0.25) is 0 Å². The predicted octanol–water partition coefficient (Wildman–Crippen LogP) is 1.96. The van der Waals surface area contributed by atoms with Gasteiger partial charge in [0, 0.05) is 12.5 Å². The monoisotopic (exact) mass is 654 g/mol. The Kier molecular flexibility index (Phi) is 8.71. The number of aliphatic hydroxyl groups excluding tert-OH is 7. The van der Waals surface area contributed by atoms with E-state index in [9.17, 15) is 40.9 Å². The summed E-state index contributed by atoms with van der Waals surface area (Å²) in [6.45, 7) is 14.3. The van der Waals surface area contributed by atoms with Crippen LogP contribution in [0.25, 0.3) is 0 Å². The van der Waals surface area contributed by atoms with E-state index in [1.807, 2.05) is 0 Å². The van der Waals surface area contributed by atoms with E-state index in [1.165, 1.54) is 0 Å². The minimum Gasteiger partial charge on any atom is -0.396 e. The molecule has 1 heterocycles. The molecule has 0 spiro atoms. The molecule has 0 amide bonds. The Hall–Kier alpha value is -0.400. The van der Waals surface area contributed by atoms with Crippen LogP contribution in [0.3, 0.4) is 0 Å². The van der Waals surface area contributed by atoms with Crippen LogP contribution in [0.1, 0.15) is 99.8 Å². The third-order valence-corrected chi connectivity index (χ3v) is 15.8. The Morgan fingerprint density at radius 3 is 2.09 bits per heavy atom. The van der Waals surface area contributed by atoms with Crippen LogP contribution in [0.5, 0.6) is 0 Å². The first-order valence-electron chi connectivity index (χ1n) is 17.9. The molecule has 1 saturated heterocycles. The van der Waals surface area contributed by atoms with Gasteiger partial charge in [0.15, 0.2) is 6.29 Å². The molecule has 17 atom stereocenters. The summed E-state index contributed by atoms with van der Waals surface area (Å²) in [5.41, 5.74) is -2.82. The second-order valence-electron chi connectivity index (χ2n) is 18.5. The van der Waals surface area contributed by atoms with Gasteiger partial charge in [-0.1, -0.05) is 34.6 Å². The van der Waals surface area contributed by atoms with E-state index in [1.54, 1.807) is 13.8 Å². The van der Waals surface area contributed by atoms with Crippen molar-refractivity contribution in [2.75, 3.05) is 13.2 Å². The molecule has 0 aromatic rings. The largest absolute Gasteiger partial charge is 0.396 e.